The predicted octanol–water partition coefficient (Wildman–Crippen LogP) is 3.26. The zero-order chi connectivity index (χ0) is 16.7. The number of hydrogen-bond acceptors (Lipinski definition) is 3. The van der Waals surface area contributed by atoms with E-state index >= 15 is 0 Å². The van der Waals surface area contributed by atoms with Crippen LogP contribution in [0, 0.1) is 5.92 Å². The highest BCUT2D eigenvalue weighted by Crippen LogP contribution is 2.26. The summed E-state index contributed by atoms with van der Waals surface area (Å²) in [6.45, 7) is 8.19. The van der Waals surface area contributed by atoms with Gasteiger partial charge in [0.1, 0.15) is 0 Å². The highest BCUT2D eigenvalue weighted by atomic mass is 127. The maximum Gasteiger partial charge on any atom is 0.193 e. The lowest BCUT2D eigenvalue weighted by atomic mass is 10.0. The number of benzene rings is 1. The van der Waals surface area contributed by atoms with Crippen LogP contribution < -0.4 is 10.1 Å². The number of phenols is 1. The third-order valence-electron chi connectivity index (χ3n) is 4.20. The Kier molecular flexibility index (Phi) is 9.25. The van der Waals surface area contributed by atoms with Gasteiger partial charge in [-0.3, -0.25) is 4.99 Å². The molecule has 0 bridgehead atoms. The first-order valence-electron chi connectivity index (χ1n) is 8.53. The van der Waals surface area contributed by atoms with E-state index in [1.165, 1.54) is 12.8 Å². The minimum absolute atomic E-state index is 0. The molecule has 1 heterocycles. The molecule has 1 aromatic rings. The van der Waals surface area contributed by atoms with Crippen LogP contribution in [0.5, 0.6) is 11.5 Å². The average Bonchev–Trinajstić information content (AvgIpc) is 2.55. The van der Waals surface area contributed by atoms with Crippen molar-refractivity contribution in [3.8, 4) is 11.5 Å². The standard InChI is InChI=1S/C18H29N3O2.HI/c1-4-19-18(21-11-5-6-14(2)13-21)20-10-9-15-7-8-16(22)17(12-15)23-3;/h7-8,12,14,22H,4-6,9-11,13H2,1-3H3,(H,19,20);1H. The second-order valence-corrected chi connectivity index (χ2v) is 6.19. The summed E-state index contributed by atoms with van der Waals surface area (Å²) in [6.07, 6.45) is 3.37. The summed E-state index contributed by atoms with van der Waals surface area (Å²) in [7, 11) is 1.57. The van der Waals surface area contributed by atoms with Crippen LogP contribution >= 0.6 is 24.0 Å². The van der Waals surface area contributed by atoms with Crippen molar-refractivity contribution in [2.24, 2.45) is 10.9 Å². The number of hydrogen-bond donors (Lipinski definition) is 2. The molecule has 0 radical (unpaired) electrons. The highest BCUT2D eigenvalue weighted by molar-refractivity contribution is 14.0. The van der Waals surface area contributed by atoms with Crippen molar-refractivity contribution in [1.29, 1.82) is 0 Å². The van der Waals surface area contributed by atoms with Crippen molar-refractivity contribution in [2.75, 3.05) is 33.3 Å². The van der Waals surface area contributed by atoms with Crippen LogP contribution in [-0.2, 0) is 6.42 Å². The lowest BCUT2D eigenvalue weighted by Gasteiger charge is -2.33. The number of aliphatic imine (C=N–C) groups is 1. The molecule has 2 rings (SSSR count). The molecule has 1 aromatic carbocycles. The van der Waals surface area contributed by atoms with Crippen LogP contribution in [0.2, 0.25) is 0 Å². The van der Waals surface area contributed by atoms with Gasteiger partial charge in [0.25, 0.3) is 0 Å². The molecule has 1 unspecified atom stereocenters. The number of nitrogens with zero attached hydrogens (tertiary/aromatic N) is 2. The molecule has 0 aliphatic carbocycles. The van der Waals surface area contributed by atoms with E-state index in [1.807, 2.05) is 12.1 Å². The smallest absolute Gasteiger partial charge is 0.193 e. The molecule has 1 aliphatic heterocycles. The maximum atomic E-state index is 9.64. The number of nitrogens with one attached hydrogen (secondary N) is 1. The Morgan fingerprint density at radius 1 is 1.46 bits per heavy atom. The Bertz CT molecular complexity index is 537. The summed E-state index contributed by atoms with van der Waals surface area (Å²) in [5.41, 5.74) is 1.12. The summed E-state index contributed by atoms with van der Waals surface area (Å²) in [5, 5.41) is 13.0. The van der Waals surface area contributed by atoms with E-state index in [-0.39, 0.29) is 29.7 Å². The topological polar surface area (TPSA) is 57.1 Å². The van der Waals surface area contributed by atoms with E-state index in [0.717, 1.165) is 50.0 Å². The molecule has 1 atom stereocenters. The van der Waals surface area contributed by atoms with Gasteiger partial charge in [-0.15, -0.1) is 24.0 Å². The lowest BCUT2D eigenvalue weighted by Crippen LogP contribution is -2.46. The van der Waals surface area contributed by atoms with Gasteiger partial charge in [-0.25, -0.2) is 0 Å². The number of rotatable bonds is 5. The molecular formula is C18H30IN3O2. The van der Waals surface area contributed by atoms with Crippen molar-refractivity contribution in [1.82, 2.24) is 10.2 Å². The van der Waals surface area contributed by atoms with Gasteiger partial charge in [0, 0.05) is 26.2 Å². The van der Waals surface area contributed by atoms with E-state index in [2.05, 4.69) is 24.1 Å². The van der Waals surface area contributed by atoms with Crippen LogP contribution in [0.1, 0.15) is 32.3 Å². The molecule has 136 valence electrons. The largest absolute Gasteiger partial charge is 0.504 e. The second kappa shape index (κ2) is 10.6. The lowest BCUT2D eigenvalue weighted by molar-refractivity contribution is 0.266. The van der Waals surface area contributed by atoms with E-state index in [9.17, 15) is 5.11 Å². The minimum Gasteiger partial charge on any atom is -0.504 e. The SMILES string of the molecule is CCNC(=NCCc1ccc(O)c(OC)c1)N1CCCC(C)C1.I. The van der Waals surface area contributed by atoms with Crippen molar-refractivity contribution in [2.45, 2.75) is 33.1 Å². The van der Waals surface area contributed by atoms with E-state index in [1.54, 1.807) is 13.2 Å². The number of aromatic hydroxyl groups is 1. The zero-order valence-electron chi connectivity index (χ0n) is 14.9. The number of ether oxygens (including phenoxy) is 1. The van der Waals surface area contributed by atoms with Crippen LogP contribution in [-0.4, -0.2) is 49.3 Å². The Labute approximate surface area is 162 Å². The number of methoxy groups -OCH3 is 1. The van der Waals surface area contributed by atoms with Crippen LogP contribution in [0.15, 0.2) is 23.2 Å². The third-order valence-corrected chi connectivity index (χ3v) is 4.20. The van der Waals surface area contributed by atoms with Crippen molar-refractivity contribution in [3.63, 3.8) is 0 Å². The normalized spacial score (nSPS) is 18.0. The molecule has 0 saturated carbocycles. The average molecular weight is 447 g/mol. The molecule has 6 heteroatoms. The van der Waals surface area contributed by atoms with Crippen molar-refractivity contribution >= 4 is 29.9 Å². The monoisotopic (exact) mass is 447 g/mol. The van der Waals surface area contributed by atoms with Gasteiger partial charge in [-0.05, 0) is 49.8 Å². The molecule has 1 saturated heterocycles. The number of piperidine rings is 1. The van der Waals surface area contributed by atoms with Gasteiger partial charge in [0.05, 0.1) is 7.11 Å². The van der Waals surface area contributed by atoms with Gasteiger partial charge in [-0.2, -0.15) is 0 Å². The Hall–Kier alpha value is -1.18. The summed E-state index contributed by atoms with van der Waals surface area (Å²) in [4.78, 5) is 7.14. The first-order valence-corrected chi connectivity index (χ1v) is 8.53. The second-order valence-electron chi connectivity index (χ2n) is 6.19. The van der Waals surface area contributed by atoms with Crippen LogP contribution in [0.25, 0.3) is 0 Å². The van der Waals surface area contributed by atoms with Crippen molar-refractivity contribution in [3.05, 3.63) is 23.8 Å². The number of halogens is 1. The van der Waals surface area contributed by atoms with Crippen LogP contribution in [0.4, 0.5) is 0 Å². The summed E-state index contributed by atoms with van der Waals surface area (Å²) < 4.78 is 5.15. The van der Waals surface area contributed by atoms with E-state index in [0.29, 0.717) is 5.75 Å². The minimum atomic E-state index is 0. The molecule has 2 N–H and O–H groups in total. The molecule has 24 heavy (non-hydrogen) atoms. The highest BCUT2D eigenvalue weighted by Gasteiger charge is 2.18. The Morgan fingerprint density at radius 3 is 2.92 bits per heavy atom. The number of likely N-dealkylation sites (tertiary alicyclic amines) is 1. The molecule has 0 spiro atoms. The number of phenolic OH excluding ortho intramolecular Hbond substituents is 1. The fourth-order valence-electron chi connectivity index (χ4n) is 2.98. The number of guanidine groups is 1. The van der Waals surface area contributed by atoms with Gasteiger partial charge < -0.3 is 20.1 Å². The molecular weight excluding hydrogens is 417 g/mol. The van der Waals surface area contributed by atoms with Gasteiger partial charge >= 0.3 is 0 Å². The molecule has 0 aromatic heterocycles. The van der Waals surface area contributed by atoms with Gasteiger partial charge in [0.2, 0.25) is 0 Å². The van der Waals surface area contributed by atoms with E-state index < -0.39 is 0 Å². The summed E-state index contributed by atoms with van der Waals surface area (Å²) >= 11 is 0. The first-order chi connectivity index (χ1) is 11.1. The first kappa shape index (κ1) is 20.9. The van der Waals surface area contributed by atoms with Gasteiger partial charge in [0.15, 0.2) is 17.5 Å². The van der Waals surface area contributed by atoms with E-state index in [4.69, 9.17) is 9.73 Å². The Morgan fingerprint density at radius 2 is 2.25 bits per heavy atom. The van der Waals surface area contributed by atoms with Crippen LogP contribution in [0.3, 0.4) is 0 Å². The molecule has 1 fully saturated rings. The summed E-state index contributed by atoms with van der Waals surface area (Å²) in [5.74, 6) is 2.44. The maximum absolute atomic E-state index is 9.64. The quantitative estimate of drug-likeness (QED) is 0.414. The van der Waals surface area contributed by atoms with Crippen molar-refractivity contribution < 1.29 is 9.84 Å². The zero-order valence-corrected chi connectivity index (χ0v) is 17.2. The Balaban J connectivity index is 0.00000288. The molecule has 0 amide bonds. The fraction of sp³-hybridized carbons (Fsp3) is 0.611. The molecule has 1 aliphatic rings. The van der Waals surface area contributed by atoms with Gasteiger partial charge in [-0.1, -0.05) is 13.0 Å². The third kappa shape index (κ3) is 6.03. The summed E-state index contributed by atoms with van der Waals surface area (Å²) in [6, 6.07) is 5.47. The fourth-order valence-corrected chi connectivity index (χ4v) is 2.98. The molecule has 5 nitrogen and oxygen atoms in total. The predicted molar refractivity (Wildman–Crippen MR) is 110 cm³/mol.